The van der Waals surface area contributed by atoms with Crippen molar-refractivity contribution in [3.05, 3.63) is 10.0 Å². The van der Waals surface area contributed by atoms with E-state index in [-0.39, 0.29) is 0 Å². The highest BCUT2D eigenvalue weighted by Crippen LogP contribution is 2.33. The quantitative estimate of drug-likeness (QED) is 0.781. The largest absolute Gasteiger partial charge is 0.348 e. The van der Waals surface area contributed by atoms with Gasteiger partial charge in [-0.3, -0.25) is 4.79 Å². The maximum Gasteiger partial charge on any atom is 0.187 e. The lowest BCUT2D eigenvalue weighted by Crippen LogP contribution is -2.20. The van der Waals surface area contributed by atoms with Crippen molar-refractivity contribution in [2.24, 2.45) is 11.8 Å². The lowest BCUT2D eigenvalue weighted by Gasteiger charge is -2.16. The molecule has 1 aliphatic heterocycles. The zero-order valence-corrected chi connectivity index (χ0v) is 11.0. The van der Waals surface area contributed by atoms with E-state index in [9.17, 15) is 4.79 Å². The van der Waals surface area contributed by atoms with E-state index in [1.165, 1.54) is 17.8 Å². The number of carbonyl (C=O) groups excluding carboxylic acids is 1. The Kier molecular flexibility index (Phi) is 3.50. The van der Waals surface area contributed by atoms with Crippen LogP contribution in [0.3, 0.4) is 0 Å². The summed E-state index contributed by atoms with van der Waals surface area (Å²) in [6.07, 6.45) is 1.98. The zero-order valence-electron chi connectivity index (χ0n) is 9.44. The van der Waals surface area contributed by atoms with Gasteiger partial charge in [0.1, 0.15) is 4.88 Å². The molecular weight excluding hydrogens is 244 g/mol. The SMILES string of the molecule is CC(C)C1CCN(c2nc(Cl)c(C=O)s2)C1. The molecule has 0 N–H and O–H groups in total. The van der Waals surface area contributed by atoms with E-state index in [0.717, 1.165) is 30.4 Å². The minimum atomic E-state index is 0.336. The molecule has 16 heavy (non-hydrogen) atoms. The Morgan fingerprint density at radius 1 is 1.62 bits per heavy atom. The first-order valence-corrected chi connectivity index (χ1v) is 6.67. The predicted molar refractivity (Wildman–Crippen MR) is 67.7 cm³/mol. The van der Waals surface area contributed by atoms with Crippen molar-refractivity contribution in [1.82, 2.24) is 4.98 Å². The van der Waals surface area contributed by atoms with Crippen LogP contribution in [-0.4, -0.2) is 24.4 Å². The Hall–Kier alpha value is -0.610. The van der Waals surface area contributed by atoms with Crippen LogP contribution < -0.4 is 4.90 Å². The molecule has 1 aromatic heterocycles. The van der Waals surface area contributed by atoms with Gasteiger partial charge in [0.05, 0.1) is 0 Å². The zero-order chi connectivity index (χ0) is 11.7. The first-order chi connectivity index (χ1) is 7.61. The van der Waals surface area contributed by atoms with Gasteiger partial charge in [0, 0.05) is 13.1 Å². The van der Waals surface area contributed by atoms with Crippen LogP contribution in [0.2, 0.25) is 5.15 Å². The maximum absolute atomic E-state index is 10.7. The second-order valence-electron chi connectivity index (χ2n) is 4.51. The van der Waals surface area contributed by atoms with Crippen LogP contribution >= 0.6 is 22.9 Å². The van der Waals surface area contributed by atoms with Crippen molar-refractivity contribution >= 4 is 34.4 Å². The molecule has 1 fully saturated rings. The van der Waals surface area contributed by atoms with Crippen LogP contribution in [0.15, 0.2) is 0 Å². The number of rotatable bonds is 3. The van der Waals surface area contributed by atoms with Crippen molar-refractivity contribution < 1.29 is 4.79 Å². The van der Waals surface area contributed by atoms with Gasteiger partial charge in [-0.05, 0) is 18.3 Å². The van der Waals surface area contributed by atoms with Gasteiger partial charge in [0.2, 0.25) is 0 Å². The highest BCUT2D eigenvalue weighted by molar-refractivity contribution is 7.17. The standard InChI is InChI=1S/C11H15ClN2OS/c1-7(2)8-3-4-14(5-8)11-13-10(12)9(6-15)16-11/h6-8H,3-5H2,1-2H3. The number of hydrogen-bond donors (Lipinski definition) is 0. The van der Waals surface area contributed by atoms with Crippen molar-refractivity contribution in [1.29, 1.82) is 0 Å². The summed E-state index contributed by atoms with van der Waals surface area (Å²) in [5, 5.41) is 1.22. The average molecular weight is 259 g/mol. The van der Waals surface area contributed by atoms with Gasteiger partial charge in [-0.25, -0.2) is 4.98 Å². The molecule has 1 aromatic rings. The molecule has 3 nitrogen and oxygen atoms in total. The molecule has 5 heteroatoms. The Balaban J connectivity index is 2.11. The van der Waals surface area contributed by atoms with Crippen molar-refractivity contribution in [2.75, 3.05) is 18.0 Å². The molecule has 0 bridgehead atoms. The third-order valence-corrected chi connectivity index (χ3v) is 4.59. The summed E-state index contributed by atoms with van der Waals surface area (Å²) < 4.78 is 0. The van der Waals surface area contributed by atoms with E-state index in [1.807, 2.05) is 0 Å². The van der Waals surface area contributed by atoms with Gasteiger partial charge < -0.3 is 4.90 Å². The minimum Gasteiger partial charge on any atom is -0.348 e. The third-order valence-electron chi connectivity index (χ3n) is 3.14. The van der Waals surface area contributed by atoms with Crippen LogP contribution in [0.1, 0.15) is 29.9 Å². The van der Waals surface area contributed by atoms with E-state index in [1.54, 1.807) is 0 Å². The van der Waals surface area contributed by atoms with Crippen LogP contribution in [-0.2, 0) is 0 Å². The Morgan fingerprint density at radius 2 is 2.38 bits per heavy atom. The van der Waals surface area contributed by atoms with E-state index >= 15 is 0 Å². The van der Waals surface area contributed by atoms with Crippen molar-refractivity contribution in [2.45, 2.75) is 20.3 Å². The minimum absolute atomic E-state index is 0.336. The maximum atomic E-state index is 10.7. The molecule has 0 amide bonds. The van der Waals surface area contributed by atoms with Gasteiger partial charge in [0.15, 0.2) is 16.6 Å². The van der Waals surface area contributed by atoms with Crippen LogP contribution in [0, 0.1) is 11.8 Å². The number of hydrogen-bond acceptors (Lipinski definition) is 4. The van der Waals surface area contributed by atoms with Gasteiger partial charge in [-0.15, -0.1) is 0 Å². The highest BCUT2D eigenvalue weighted by Gasteiger charge is 2.27. The number of aldehydes is 1. The predicted octanol–water partition coefficient (Wildman–Crippen LogP) is 3.09. The fourth-order valence-electron chi connectivity index (χ4n) is 2.02. The van der Waals surface area contributed by atoms with Gasteiger partial charge >= 0.3 is 0 Å². The molecule has 1 unspecified atom stereocenters. The third kappa shape index (κ3) is 2.23. The summed E-state index contributed by atoms with van der Waals surface area (Å²) in [4.78, 5) is 17.7. The number of thiazole rings is 1. The summed E-state index contributed by atoms with van der Waals surface area (Å²) in [5.41, 5.74) is 0. The normalized spacial score (nSPS) is 20.8. The van der Waals surface area contributed by atoms with Gasteiger partial charge in [-0.2, -0.15) is 0 Å². The number of nitrogens with zero attached hydrogens (tertiary/aromatic N) is 2. The van der Waals surface area contributed by atoms with Crippen LogP contribution in [0.25, 0.3) is 0 Å². The fourth-order valence-corrected chi connectivity index (χ4v) is 3.11. The second kappa shape index (κ2) is 4.72. The lowest BCUT2D eigenvalue weighted by atomic mass is 9.95. The summed E-state index contributed by atoms with van der Waals surface area (Å²) >= 11 is 7.25. The monoisotopic (exact) mass is 258 g/mol. The topological polar surface area (TPSA) is 33.2 Å². The molecule has 88 valence electrons. The molecule has 1 aliphatic rings. The Bertz CT molecular complexity index is 391. The van der Waals surface area contributed by atoms with E-state index in [4.69, 9.17) is 11.6 Å². The molecule has 2 heterocycles. The molecule has 0 radical (unpaired) electrons. The molecular formula is C11H15ClN2OS. The number of halogens is 1. The molecule has 1 atom stereocenters. The summed E-state index contributed by atoms with van der Waals surface area (Å²) in [5.74, 6) is 1.42. The van der Waals surface area contributed by atoms with E-state index in [2.05, 4.69) is 23.7 Å². The number of carbonyl (C=O) groups is 1. The summed E-state index contributed by atoms with van der Waals surface area (Å²) in [6, 6.07) is 0. The Labute approximate surface area is 104 Å². The van der Waals surface area contributed by atoms with Gasteiger partial charge in [0.25, 0.3) is 0 Å². The Morgan fingerprint density at radius 3 is 2.88 bits per heavy atom. The van der Waals surface area contributed by atoms with E-state index < -0.39 is 0 Å². The first-order valence-electron chi connectivity index (χ1n) is 5.48. The van der Waals surface area contributed by atoms with Crippen LogP contribution in [0.4, 0.5) is 5.13 Å². The molecule has 0 aliphatic carbocycles. The number of aromatic nitrogens is 1. The van der Waals surface area contributed by atoms with Crippen molar-refractivity contribution in [3.8, 4) is 0 Å². The molecule has 0 saturated carbocycles. The molecule has 1 saturated heterocycles. The van der Waals surface area contributed by atoms with Gasteiger partial charge in [-0.1, -0.05) is 36.8 Å². The van der Waals surface area contributed by atoms with Crippen LogP contribution in [0.5, 0.6) is 0 Å². The lowest BCUT2D eigenvalue weighted by molar-refractivity contribution is 0.112. The highest BCUT2D eigenvalue weighted by atomic mass is 35.5. The first kappa shape index (κ1) is 11.9. The van der Waals surface area contributed by atoms with E-state index in [0.29, 0.717) is 15.9 Å². The smallest absolute Gasteiger partial charge is 0.187 e. The fraction of sp³-hybridized carbons (Fsp3) is 0.636. The number of anilines is 1. The molecule has 0 spiro atoms. The molecule has 2 rings (SSSR count). The summed E-state index contributed by atoms with van der Waals surface area (Å²) in [7, 11) is 0. The van der Waals surface area contributed by atoms with Crippen molar-refractivity contribution in [3.63, 3.8) is 0 Å². The summed E-state index contributed by atoms with van der Waals surface area (Å²) in [6.45, 7) is 6.55. The second-order valence-corrected chi connectivity index (χ2v) is 5.88. The average Bonchev–Trinajstić information content (AvgIpc) is 2.83. The molecule has 0 aromatic carbocycles.